The number of hydrogen-bond donors (Lipinski definition) is 2. The Balaban J connectivity index is 2.61. The van der Waals surface area contributed by atoms with E-state index in [1.165, 1.54) is 0 Å². The zero-order valence-corrected chi connectivity index (χ0v) is 11.4. The molecule has 0 aliphatic carbocycles. The molecule has 1 rings (SSSR count). The molecule has 0 saturated carbocycles. The summed E-state index contributed by atoms with van der Waals surface area (Å²) in [5.74, 6) is -0.801. The van der Waals surface area contributed by atoms with Crippen molar-refractivity contribution in [2.24, 2.45) is 10.3 Å². The summed E-state index contributed by atoms with van der Waals surface area (Å²) in [5, 5.41) is 11.7. The van der Waals surface area contributed by atoms with Crippen LogP contribution in [-0.4, -0.2) is 45.8 Å². The second-order valence-electron chi connectivity index (χ2n) is 4.68. The predicted molar refractivity (Wildman–Crippen MR) is 68.8 cm³/mol. The molecule has 1 amide bonds. The van der Waals surface area contributed by atoms with Crippen LogP contribution < -0.4 is 5.32 Å². The van der Waals surface area contributed by atoms with Crippen molar-refractivity contribution in [1.82, 2.24) is 5.32 Å². The van der Waals surface area contributed by atoms with E-state index in [1.807, 2.05) is 0 Å². The molecule has 6 nitrogen and oxygen atoms in total. The van der Waals surface area contributed by atoms with Crippen molar-refractivity contribution in [2.75, 3.05) is 24.6 Å². The second kappa shape index (κ2) is 6.84. The van der Waals surface area contributed by atoms with Crippen LogP contribution in [0.25, 0.3) is 0 Å². The highest BCUT2D eigenvalue weighted by Gasteiger charge is 2.17. The standard InChI is InChI=1S/C11H20N2O4S/c1-9(8-11(15)16)7-10(14)13-18(17)5-2-3-12-4-6-18/h9,12H,2-8H2,1H3,(H,15,16). The summed E-state index contributed by atoms with van der Waals surface area (Å²) >= 11 is 0. The molecule has 1 saturated heterocycles. The van der Waals surface area contributed by atoms with Gasteiger partial charge in [-0.25, -0.2) is 4.21 Å². The summed E-state index contributed by atoms with van der Waals surface area (Å²) in [6, 6.07) is 0. The number of carboxylic acids is 1. The van der Waals surface area contributed by atoms with E-state index < -0.39 is 21.6 Å². The molecule has 0 bridgehead atoms. The van der Waals surface area contributed by atoms with Gasteiger partial charge in [-0.3, -0.25) is 9.59 Å². The van der Waals surface area contributed by atoms with Crippen molar-refractivity contribution in [3.05, 3.63) is 0 Å². The molecule has 0 aromatic carbocycles. The summed E-state index contributed by atoms with van der Waals surface area (Å²) in [4.78, 5) is 22.1. The van der Waals surface area contributed by atoms with Gasteiger partial charge in [0, 0.05) is 30.9 Å². The molecule has 2 atom stereocenters. The lowest BCUT2D eigenvalue weighted by Crippen LogP contribution is -2.19. The Labute approximate surface area is 107 Å². The molecule has 0 radical (unpaired) electrons. The van der Waals surface area contributed by atoms with Gasteiger partial charge in [-0.2, -0.15) is 4.36 Å². The van der Waals surface area contributed by atoms with Crippen molar-refractivity contribution >= 4 is 21.6 Å². The van der Waals surface area contributed by atoms with Gasteiger partial charge in [0.25, 0.3) is 5.91 Å². The van der Waals surface area contributed by atoms with Crippen molar-refractivity contribution in [1.29, 1.82) is 0 Å². The maximum Gasteiger partial charge on any atom is 0.303 e. The van der Waals surface area contributed by atoms with Crippen LogP contribution in [0, 0.1) is 5.92 Å². The first-order chi connectivity index (χ1) is 8.41. The highest BCUT2D eigenvalue weighted by molar-refractivity contribution is 7.93. The minimum Gasteiger partial charge on any atom is -0.481 e. The fourth-order valence-corrected chi connectivity index (χ4v) is 3.75. The molecule has 2 N–H and O–H groups in total. The van der Waals surface area contributed by atoms with Crippen LogP contribution in [-0.2, 0) is 19.3 Å². The Morgan fingerprint density at radius 2 is 2.06 bits per heavy atom. The van der Waals surface area contributed by atoms with Crippen LogP contribution >= 0.6 is 0 Å². The molecule has 0 aromatic heterocycles. The van der Waals surface area contributed by atoms with E-state index in [1.54, 1.807) is 6.92 Å². The van der Waals surface area contributed by atoms with Gasteiger partial charge in [-0.15, -0.1) is 0 Å². The minimum atomic E-state index is -2.43. The lowest BCUT2D eigenvalue weighted by molar-refractivity contribution is -0.138. The molecule has 1 fully saturated rings. The van der Waals surface area contributed by atoms with Gasteiger partial charge in [-0.1, -0.05) is 6.92 Å². The summed E-state index contributed by atoms with van der Waals surface area (Å²) in [6.07, 6.45) is 0.737. The first-order valence-corrected chi connectivity index (χ1v) is 7.94. The van der Waals surface area contributed by atoms with Gasteiger partial charge in [0.05, 0.1) is 9.73 Å². The van der Waals surface area contributed by atoms with Crippen molar-refractivity contribution in [3.63, 3.8) is 0 Å². The molecular formula is C11H20N2O4S. The molecule has 0 aromatic rings. The molecule has 7 heteroatoms. The van der Waals surface area contributed by atoms with Gasteiger partial charge >= 0.3 is 5.97 Å². The fourth-order valence-electron chi connectivity index (χ4n) is 1.86. The number of carbonyl (C=O) groups is 2. The number of hydrogen-bond acceptors (Lipinski definition) is 4. The van der Waals surface area contributed by atoms with Crippen LogP contribution in [0.5, 0.6) is 0 Å². The van der Waals surface area contributed by atoms with Crippen LogP contribution in [0.2, 0.25) is 0 Å². The smallest absolute Gasteiger partial charge is 0.303 e. The molecule has 2 unspecified atom stereocenters. The van der Waals surface area contributed by atoms with Crippen LogP contribution in [0.1, 0.15) is 26.2 Å². The van der Waals surface area contributed by atoms with E-state index in [0.29, 0.717) is 18.1 Å². The van der Waals surface area contributed by atoms with Crippen molar-refractivity contribution < 1.29 is 18.9 Å². The molecule has 0 spiro atoms. The topological polar surface area (TPSA) is 95.8 Å². The van der Waals surface area contributed by atoms with Gasteiger partial charge in [0.2, 0.25) is 0 Å². The van der Waals surface area contributed by atoms with E-state index in [0.717, 1.165) is 13.0 Å². The number of amides is 1. The van der Waals surface area contributed by atoms with E-state index in [4.69, 9.17) is 5.11 Å². The first-order valence-electron chi connectivity index (χ1n) is 6.09. The Bertz CT molecular complexity index is 413. The Hall–Kier alpha value is -0.950. The molecule has 1 aliphatic rings. The third-order valence-corrected chi connectivity index (χ3v) is 5.03. The molecule has 18 heavy (non-hydrogen) atoms. The summed E-state index contributed by atoms with van der Waals surface area (Å²) in [6.45, 7) is 3.10. The molecule has 104 valence electrons. The Morgan fingerprint density at radius 3 is 2.72 bits per heavy atom. The van der Waals surface area contributed by atoms with Crippen LogP contribution in [0.4, 0.5) is 0 Å². The monoisotopic (exact) mass is 276 g/mol. The molecule has 1 aliphatic heterocycles. The third kappa shape index (κ3) is 5.59. The number of nitrogens with one attached hydrogen (secondary N) is 1. The highest BCUT2D eigenvalue weighted by Crippen LogP contribution is 2.11. The lowest BCUT2D eigenvalue weighted by atomic mass is 10.0. The summed E-state index contributed by atoms with van der Waals surface area (Å²) < 4.78 is 16.1. The third-order valence-electron chi connectivity index (χ3n) is 2.73. The van der Waals surface area contributed by atoms with Crippen molar-refractivity contribution in [3.8, 4) is 0 Å². The highest BCUT2D eigenvalue weighted by atomic mass is 32.2. The first kappa shape index (κ1) is 15.1. The summed E-state index contributed by atoms with van der Waals surface area (Å²) in [5.41, 5.74) is 0. The largest absolute Gasteiger partial charge is 0.481 e. The van der Waals surface area contributed by atoms with Gasteiger partial charge < -0.3 is 10.4 Å². The van der Waals surface area contributed by atoms with Gasteiger partial charge in [0.1, 0.15) is 0 Å². The van der Waals surface area contributed by atoms with E-state index in [9.17, 15) is 13.8 Å². The SMILES string of the molecule is CC(CC(=O)O)CC(=O)N=S1(=O)CCCNCC1. The average molecular weight is 276 g/mol. The molecule has 1 heterocycles. The average Bonchev–Trinajstić information content (AvgIpc) is 2.40. The van der Waals surface area contributed by atoms with Gasteiger partial charge in [-0.05, 0) is 18.9 Å². The van der Waals surface area contributed by atoms with E-state index >= 15 is 0 Å². The fraction of sp³-hybridized carbons (Fsp3) is 0.818. The number of carboxylic acid groups (broad SMARTS) is 1. The van der Waals surface area contributed by atoms with Crippen LogP contribution in [0.15, 0.2) is 4.36 Å². The quantitative estimate of drug-likeness (QED) is 0.778. The zero-order valence-electron chi connectivity index (χ0n) is 10.6. The number of aliphatic carboxylic acids is 1. The predicted octanol–water partition coefficient (Wildman–Crippen LogP) is 0.475. The second-order valence-corrected chi connectivity index (χ2v) is 7.22. The Kier molecular flexibility index (Phi) is 5.74. The zero-order chi connectivity index (χ0) is 13.6. The minimum absolute atomic E-state index is 0.0523. The maximum atomic E-state index is 12.3. The van der Waals surface area contributed by atoms with E-state index in [2.05, 4.69) is 9.68 Å². The maximum absolute atomic E-state index is 12.3. The Morgan fingerprint density at radius 1 is 1.33 bits per heavy atom. The summed E-state index contributed by atoms with van der Waals surface area (Å²) in [7, 11) is -2.43. The van der Waals surface area contributed by atoms with Gasteiger partial charge in [0.15, 0.2) is 0 Å². The lowest BCUT2D eigenvalue weighted by Gasteiger charge is -2.07. The normalized spacial score (nSPS) is 26.1. The van der Waals surface area contributed by atoms with Crippen LogP contribution in [0.3, 0.4) is 0 Å². The number of rotatable bonds is 4. The number of nitrogens with zero attached hydrogens (tertiary/aromatic N) is 1. The van der Waals surface area contributed by atoms with Crippen molar-refractivity contribution in [2.45, 2.75) is 26.2 Å². The number of carbonyl (C=O) groups excluding carboxylic acids is 1. The molecular weight excluding hydrogens is 256 g/mol. The van der Waals surface area contributed by atoms with E-state index in [-0.39, 0.29) is 18.8 Å².